The van der Waals surface area contributed by atoms with E-state index in [9.17, 15) is 0 Å². The van der Waals surface area contributed by atoms with Crippen molar-refractivity contribution < 1.29 is 0 Å². The molecule has 1 aromatic heterocycles. The van der Waals surface area contributed by atoms with Crippen LogP contribution in [0.15, 0.2) is 12.1 Å². The van der Waals surface area contributed by atoms with Crippen molar-refractivity contribution in [3.63, 3.8) is 0 Å². The molecule has 3 heteroatoms. The van der Waals surface area contributed by atoms with Crippen LogP contribution in [-0.4, -0.2) is 26.7 Å². The van der Waals surface area contributed by atoms with Gasteiger partial charge in [0.15, 0.2) is 0 Å². The molecule has 0 aromatic carbocycles. The largest absolute Gasteiger partial charge is 0.136 e. The predicted molar refractivity (Wildman–Crippen MR) is 61.1 cm³/mol. The van der Waals surface area contributed by atoms with Gasteiger partial charge in [-0.15, -0.1) is 11.3 Å². The summed E-state index contributed by atoms with van der Waals surface area (Å²) in [5.74, 6) is 0. The molecule has 0 amide bonds. The Morgan fingerprint density at radius 2 is 1.27 bits per heavy atom. The first-order chi connectivity index (χ1) is 5.11. The topological polar surface area (TPSA) is 0 Å². The van der Waals surface area contributed by atoms with Crippen LogP contribution in [0.2, 0.25) is 0 Å². The molecule has 0 bridgehead atoms. The highest BCUT2D eigenvalue weighted by Gasteiger charge is 2.05. The van der Waals surface area contributed by atoms with Crippen molar-refractivity contribution in [1.29, 1.82) is 0 Å². The lowest BCUT2D eigenvalue weighted by Crippen LogP contribution is -1.92. The van der Waals surface area contributed by atoms with Crippen molar-refractivity contribution in [1.82, 2.24) is 0 Å². The van der Waals surface area contributed by atoms with E-state index in [4.69, 9.17) is 0 Å². The molecule has 0 nitrogen and oxygen atoms in total. The van der Waals surface area contributed by atoms with Gasteiger partial charge in [-0.25, -0.2) is 0 Å². The third-order valence-electron chi connectivity index (χ3n) is 1.46. The second-order valence-electron chi connectivity index (χ2n) is 2.90. The number of hydrogen-bond donors (Lipinski definition) is 0. The summed E-state index contributed by atoms with van der Waals surface area (Å²) in [6.45, 7) is 9.27. The Morgan fingerprint density at radius 1 is 0.909 bits per heavy atom. The molecule has 0 aliphatic carbocycles. The summed E-state index contributed by atoms with van der Waals surface area (Å²) in [7, 11) is 0.259. The van der Waals surface area contributed by atoms with Gasteiger partial charge in [-0.2, -0.15) is 0 Å². The average Bonchev–Trinajstić information content (AvgIpc) is 2.33. The van der Waals surface area contributed by atoms with Crippen LogP contribution in [0, 0.1) is 0 Å². The van der Waals surface area contributed by atoms with Gasteiger partial charge in [0, 0.05) is 9.24 Å². The Hall–Kier alpha value is 0.560. The van der Waals surface area contributed by atoms with Crippen LogP contribution in [-0.2, 0) is 0 Å². The van der Waals surface area contributed by atoms with Crippen molar-refractivity contribution in [2.24, 2.45) is 0 Å². The van der Waals surface area contributed by atoms with Crippen LogP contribution in [0.25, 0.3) is 0 Å². The molecule has 0 N–H and O–H groups in total. The van der Waals surface area contributed by atoms with E-state index in [1.54, 1.807) is 9.24 Å². The van der Waals surface area contributed by atoms with Crippen LogP contribution in [0.3, 0.4) is 0 Å². The van der Waals surface area contributed by atoms with Crippen molar-refractivity contribution in [2.75, 3.05) is 26.7 Å². The summed E-state index contributed by atoms with van der Waals surface area (Å²) < 4.78 is 3.18. The molecule has 62 valence electrons. The number of thiophene rings is 1. The standard InChI is InChI=1S/C8H14P2S/c1-9(2)7-5-6-8(11-7)10(3)4/h5-6H,1-4H3. The second kappa shape index (κ2) is 3.99. The third kappa shape index (κ3) is 2.51. The average molecular weight is 204 g/mol. The van der Waals surface area contributed by atoms with Crippen LogP contribution in [0.5, 0.6) is 0 Å². The van der Waals surface area contributed by atoms with Gasteiger partial charge in [0.1, 0.15) is 0 Å². The van der Waals surface area contributed by atoms with E-state index < -0.39 is 0 Å². The summed E-state index contributed by atoms with van der Waals surface area (Å²) in [5.41, 5.74) is 0. The quantitative estimate of drug-likeness (QED) is 0.649. The lowest BCUT2D eigenvalue weighted by molar-refractivity contribution is 2.07. The summed E-state index contributed by atoms with van der Waals surface area (Å²) in [6, 6.07) is 4.60. The first kappa shape index (κ1) is 9.65. The SMILES string of the molecule is CP(C)c1ccc(P(C)C)s1. The summed E-state index contributed by atoms with van der Waals surface area (Å²) in [6.07, 6.45) is 0. The summed E-state index contributed by atoms with van der Waals surface area (Å²) in [4.78, 5) is 0. The van der Waals surface area contributed by atoms with Crippen molar-refractivity contribution in [3.05, 3.63) is 12.1 Å². The Labute approximate surface area is 75.5 Å². The molecule has 0 radical (unpaired) electrons. The Kier molecular flexibility index (Phi) is 3.50. The normalized spacial score (nSPS) is 11.5. The molecule has 0 saturated heterocycles. The monoisotopic (exact) mass is 204 g/mol. The maximum atomic E-state index is 2.32. The van der Waals surface area contributed by atoms with Crippen LogP contribution >= 0.6 is 27.2 Å². The van der Waals surface area contributed by atoms with Gasteiger partial charge in [-0.3, -0.25) is 0 Å². The number of rotatable bonds is 2. The van der Waals surface area contributed by atoms with E-state index in [1.807, 2.05) is 11.3 Å². The second-order valence-corrected chi connectivity index (χ2v) is 9.13. The molecule has 1 aromatic rings. The Bertz CT molecular complexity index is 205. The van der Waals surface area contributed by atoms with Gasteiger partial charge in [0.25, 0.3) is 0 Å². The third-order valence-corrected chi connectivity index (χ3v) is 6.95. The summed E-state index contributed by atoms with van der Waals surface area (Å²) >= 11 is 2.01. The van der Waals surface area contributed by atoms with Gasteiger partial charge >= 0.3 is 0 Å². The molecule has 0 aliphatic heterocycles. The van der Waals surface area contributed by atoms with Crippen molar-refractivity contribution in [3.8, 4) is 0 Å². The summed E-state index contributed by atoms with van der Waals surface area (Å²) in [5, 5.41) is 0. The van der Waals surface area contributed by atoms with Gasteiger partial charge in [-0.1, -0.05) is 15.8 Å². The fourth-order valence-electron chi connectivity index (χ4n) is 0.798. The zero-order valence-corrected chi connectivity index (χ0v) is 10.1. The van der Waals surface area contributed by atoms with E-state index in [0.29, 0.717) is 0 Å². The first-order valence-electron chi connectivity index (χ1n) is 3.55. The Morgan fingerprint density at radius 3 is 1.45 bits per heavy atom. The van der Waals surface area contributed by atoms with E-state index >= 15 is 0 Å². The molecule has 1 rings (SSSR count). The maximum absolute atomic E-state index is 2.32. The lowest BCUT2D eigenvalue weighted by atomic mass is 10.7. The Balaban J connectivity index is 2.82. The van der Waals surface area contributed by atoms with Gasteiger partial charge in [0.2, 0.25) is 0 Å². The van der Waals surface area contributed by atoms with Gasteiger partial charge in [-0.05, 0) is 38.8 Å². The molecular weight excluding hydrogens is 190 g/mol. The van der Waals surface area contributed by atoms with E-state index in [2.05, 4.69) is 38.8 Å². The zero-order valence-electron chi connectivity index (χ0n) is 7.46. The van der Waals surface area contributed by atoms with E-state index in [1.165, 1.54) is 0 Å². The van der Waals surface area contributed by atoms with Gasteiger partial charge in [0.05, 0.1) is 0 Å². The highest BCUT2D eigenvalue weighted by atomic mass is 32.1. The highest BCUT2D eigenvalue weighted by Crippen LogP contribution is 2.31. The smallest absolute Gasteiger partial charge is 0.0279 e. The van der Waals surface area contributed by atoms with Crippen LogP contribution in [0.1, 0.15) is 0 Å². The minimum absolute atomic E-state index is 0.129. The fraction of sp³-hybridized carbons (Fsp3) is 0.500. The van der Waals surface area contributed by atoms with E-state index in [-0.39, 0.29) is 15.8 Å². The molecular formula is C8H14P2S. The van der Waals surface area contributed by atoms with E-state index in [0.717, 1.165) is 0 Å². The first-order valence-corrected chi connectivity index (χ1v) is 8.84. The van der Waals surface area contributed by atoms with Crippen LogP contribution in [0.4, 0.5) is 0 Å². The van der Waals surface area contributed by atoms with Crippen molar-refractivity contribution in [2.45, 2.75) is 0 Å². The van der Waals surface area contributed by atoms with Gasteiger partial charge < -0.3 is 0 Å². The molecule has 1 heterocycles. The molecule has 0 aliphatic rings. The minimum atomic E-state index is 0.129. The maximum Gasteiger partial charge on any atom is 0.0279 e. The lowest BCUT2D eigenvalue weighted by Gasteiger charge is -2.01. The fourth-order valence-corrected chi connectivity index (χ4v) is 4.30. The van der Waals surface area contributed by atoms with Crippen LogP contribution < -0.4 is 9.24 Å². The zero-order chi connectivity index (χ0) is 8.43. The molecule has 0 fully saturated rings. The number of hydrogen-bond acceptors (Lipinski definition) is 1. The highest BCUT2D eigenvalue weighted by molar-refractivity contribution is 7.76. The predicted octanol–water partition coefficient (Wildman–Crippen LogP) is 2.48. The molecule has 0 unspecified atom stereocenters. The van der Waals surface area contributed by atoms with Crippen molar-refractivity contribution >= 4 is 36.4 Å². The minimum Gasteiger partial charge on any atom is -0.136 e. The molecule has 11 heavy (non-hydrogen) atoms. The molecule has 0 atom stereocenters. The molecule has 0 spiro atoms. The molecule has 0 saturated carbocycles.